The van der Waals surface area contributed by atoms with Crippen LogP contribution in [0.25, 0.3) is 0 Å². The first-order chi connectivity index (χ1) is 12.1. The minimum atomic E-state index is -0.176. The summed E-state index contributed by atoms with van der Waals surface area (Å²) in [6.45, 7) is 1.40. The molecule has 3 saturated carbocycles. The molecule has 1 amide bonds. The van der Waals surface area contributed by atoms with E-state index >= 15 is 0 Å². The molecule has 1 aromatic rings. The zero-order valence-corrected chi connectivity index (χ0v) is 14.5. The first kappa shape index (κ1) is 17.9. The summed E-state index contributed by atoms with van der Waals surface area (Å²) >= 11 is 0. The fraction of sp³-hybridized carbons (Fsp3) is 0.526. The maximum atomic E-state index is 12.5. The van der Waals surface area contributed by atoms with Crippen LogP contribution in [0.1, 0.15) is 24.8 Å². The van der Waals surface area contributed by atoms with Crippen LogP contribution in [0.2, 0.25) is 0 Å². The minimum Gasteiger partial charge on any atom is -0.489 e. The van der Waals surface area contributed by atoms with Crippen molar-refractivity contribution in [3.05, 3.63) is 41.7 Å². The Morgan fingerprint density at radius 3 is 2.56 bits per heavy atom. The molecule has 0 aliphatic heterocycles. The number of rotatable bonds is 9. The summed E-state index contributed by atoms with van der Waals surface area (Å²) in [5.74, 6) is 0.842. The van der Waals surface area contributed by atoms with Crippen LogP contribution in [-0.2, 0) is 14.9 Å². The summed E-state index contributed by atoms with van der Waals surface area (Å²) < 4.78 is 23.0. The van der Waals surface area contributed by atoms with Gasteiger partial charge >= 0.3 is 0 Å². The van der Waals surface area contributed by atoms with Gasteiger partial charge in [-0.2, -0.15) is 0 Å². The number of carbonyl (C=O) groups excluding carboxylic acids is 1. The van der Waals surface area contributed by atoms with Crippen molar-refractivity contribution in [1.82, 2.24) is 5.32 Å². The third-order valence-electron chi connectivity index (χ3n) is 5.41. The number of nitrogens with two attached hydrogens (primary N) is 1. The predicted molar refractivity (Wildman–Crippen MR) is 93.0 cm³/mol. The quantitative estimate of drug-likeness (QED) is 0.670. The molecule has 3 fully saturated rings. The fourth-order valence-electron chi connectivity index (χ4n) is 4.00. The van der Waals surface area contributed by atoms with Crippen LogP contribution in [-0.4, -0.2) is 39.3 Å². The SMILES string of the molecule is COCCNC(=O)C12CC(c3ccc(OCC(=CF)CN)cc3)(C1)C2. The predicted octanol–water partition coefficient (Wildman–Crippen LogP) is 2.06. The van der Waals surface area contributed by atoms with Gasteiger partial charge in [-0.25, -0.2) is 4.39 Å². The van der Waals surface area contributed by atoms with Crippen molar-refractivity contribution in [3.63, 3.8) is 0 Å². The standard InChI is InChI=1S/C19H25FN2O3/c1-24-7-6-22-17(23)19-11-18(12-19,13-19)15-2-4-16(5-3-15)25-10-14(8-20)9-21/h2-5,8H,6-7,9-13,21H2,1H3,(H,22,23). The molecule has 136 valence electrons. The van der Waals surface area contributed by atoms with E-state index in [0.717, 1.165) is 19.3 Å². The van der Waals surface area contributed by atoms with E-state index in [1.165, 1.54) is 5.56 Å². The zero-order chi connectivity index (χ0) is 17.9. The van der Waals surface area contributed by atoms with Gasteiger partial charge in [0, 0.05) is 25.8 Å². The van der Waals surface area contributed by atoms with Crippen molar-refractivity contribution in [3.8, 4) is 5.75 Å². The maximum absolute atomic E-state index is 12.5. The molecule has 2 bridgehead atoms. The van der Waals surface area contributed by atoms with Crippen molar-refractivity contribution in [2.24, 2.45) is 11.1 Å². The van der Waals surface area contributed by atoms with Gasteiger partial charge < -0.3 is 20.5 Å². The summed E-state index contributed by atoms with van der Waals surface area (Å²) in [6.07, 6.45) is 3.20. The molecule has 3 aliphatic rings. The van der Waals surface area contributed by atoms with E-state index in [-0.39, 0.29) is 29.9 Å². The highest BCUT2D eigenvalue weighted by molar-refractivity contribution is 5.87. The van der Waals surface area contributed by atoms with Crippen molar-refractivity contribution in [2.75, 3.05) is 33.4 Å². The second kappa shape index (κ2) is 7.14. The van der Waals surface area contributed by atoms with Crippen LogP contribution in [0.3, 0.4) is 0 Å². The summed E-state index contributed by atoms with van der Waals surface area (Å²) in [6, 6.07) is 7.88. The van der Waals surface area contributed by atoms with Gasteiger partial charge in [0.15, 0.2) is 0 Å². The van der Waals surface area contributed by atoms with E-state index in [1.807, 2.05) is 24.3 Å². The lowest BCUT2D eigenvalue weighted by Gasteiger charge is -2.69. The van der Waals surface area contributed by atoms with Gasteiger partial charge in [-0.05, 0) is 42.4 Å². The topological polar surface area (TPSA) is 73.6 Å². The highest BCUT2D eigenvalue weighted by Crippen LogP contribution is 2.73. The van der Waals surface area contributed by atoms with Gasteiger partial charge in [0.2, 0.25) is 5.91 Å². The molecule has 0 heterocycles. The van der Waals surface area contributed by atoms with E-state index in [9.17, 15) is 9.18 Å². The first-order valence-electron chi connectivity index (χ1n) is 8.56. The number of hydrogen-bond acceptors (Lipinski definition) is 4. The number of hydrogen-bond donors (Lipinski definition) is 2. The largest absolute Gasteiger partial charge is 0.489 e. The molecular formula is C19H25FN2O3. The Kier molecular flexibility index (Phi) is 5.11. The molecule has 0 radical (unpaired) electrons. The van der Waals surface area contributed by atoms with Crippen LogP contribution >= 0.6 is 0 Å². The average Bonchev–Trinajstić information content (AvgIpc) is 2.55. The number of carbonyl (C=O) groups is 1. The normalized spacial score (nSPS) is 27.2. The second-order valence-electron chi connectivity index (χ2n) is 7.12. The van der Waals surface area contributed by atoms with Gasteiger partial charge in [0.05, 0.1) is 18.4 Å². The molecule has 0 unspecified atom stereocenters. The first-order valence-corrected chi connectivity index (χ1v) is 8.56. The van der Waals surface area contributed by atoms with Crippen LogP contribution in [0.4, 0.5) is 4.39 Å². The Labute approximate surface area is 147 Å². The highest BCUT2D eigenvalue weighted by atomic mass is 19.1. The molecule has 0 aromatic heterocycles. The minimum absolute atomic E-state index is 0.137. The molecule has 25 heavy (non-hydrogen) atoms. The third kappa shape index (κ3) is 3.28. The molecule has 0 spiro atoms. The second-order valence-corrected chi connectivity index (χ2v) is 7.12. The Balaban J connectivity index is 1.51. The summed E-state index contributed by atoms with van der Waals surface area (Å²) in [5.41, 5.74) is 7.03. The van der Waals surface area contributed by atoms with Crippen molar-refractivity contribution in [1.29, 1.82) is 0 Å². The Bertz CT molecular complexity index is 637. The monoisotopic (exact) mass is 348 g/mol. The molecule has 1 aromatic carbocycles. The van der Waals surface area contributed by atoms with E-state index in [1.54, 1.807) is 7.11 Å². The Morgan fingerprint density at radius 2 is 2.00 bits per heavy atom. The van der Waals surface area contributed by atoms with Crippen molar-refractivity contribution < 1.29 is 18.7 Å². The van der Waals surface area contributed by atoms with Gasteiger partial charge in [-0.3, -0.25) is 4.79 Å². The number of methoxy groups -OCH3 is 1. The number of halogens is 1. The molecule has 4 rings (SSSR count). The van der Waals surface area contributed by atoms with Gasteiger partial charge in [0.25, 0.3) is 0 Å². The summed E-state index contributed by atoms with van der Waals surface area (Å²) in [4.78, 5) is 12.3. The number of ether oxygens (including phenoxy) is 2. The molecule has 3 aliphatic carbocycles. The van der Waals surface area contributed by atoms with Crippen LogP contribution in [0, 0.1) is 5.41 Å². The lowest BCUT2D eigenvalue weighted by atomic mass is 9.33. The molecule has 6 heteroatoms. The number of benzene rings is 1. The summed E-state index contributed by atoms with van der Waals surface area (Å²) in [7, 11) is 1.63. The van der Waals surface area contributed by atoms with Crippen molar-refractivity contribution in [2.45, 2.75) is 24.7 Å². The van der Waals surface area contributed by atoms with E-state index < -0.39 is 0 Å². The Morgan fingerprint density at radius 1 is 1.32 bits per heavy atom. The third-order valence-corrected chi connectivity index (χ3v) is 5.41. The lowest BCUT2D eigenvalue weighted by molar-refractivity contribution is -0.176. The van der Waals surface area contributed by atoms with Crippen LogP contribution < -0.4 is 15.8 Å². The fourth-order valence-corrected chi connectivity index (χ4v) is 4.00. The number of nitrogens with one attached hydrogen (secondary N) is 1. The van der Waals surface area contributed by atoms with Crippen molar-refractivity contribution >= 4 is 5.91 Å². The van der Waals surface area contributed by atoms with Crippen LogP contribution in [0.5, 0.6) is 5.75 Å². The Hall–Kier alpha value is -1.92. The van der Waals surface area contributed by atoms with Gasteiger partial charge in [0.1, 0.15) is 12.4 Å². The zero-order valence-electron chi connectivity index (χ0n) is 14.5. The average molecular weight is 348 g/mol. The molecule has 5 nitrogen and oxygen atoms in total. The maximum Gasteiger partial charge on any atom is 0.226 e. The molecule has 3 N–H and O–H groups in total. The molecular weight excluding hydrogens is 323 g/mol. The van der Waals surface area contributed by atoms with E-state index in [2.05, 4.69) is 5.32 Å². The summed E-state index contributed by atoms with van der Waals surface area (Å²) in [5, 5.41) is 2.95. The van der Waals surface area contributed by atoms with Gasteiger partial charge in [-0.15, -0.1) is 0 Å². The van der Waals surface area contributed by atoms with Crippen LogP contribution in [0.15, 0.2) is 36.2 Å². The smallest absolute Gasteiger partial charge is 0.226 e. The molecule has 0 saturated heterocycles. The highest BCUT2D eigenvalue weighted by Gasteiger charge is 2.71. The number of amides is 1. The van der Waals surface area contributed by atoms with Gasteiger partial charge in [-0.1, -0.05) is 12.1 Å². The molecule has 0 atom stereocenters. The lowest BCUT2D eigenvalue weighted by Crippen LogP contribution is -2.70. The van der Waals surface area contributed by atoms with E-state index in [4.69, 9.17) is 15.2 Å². The van der Waals surface area contributed by atoms with E-state index in [0.29, 0.717) is 30.8 Å².